The molecular weight excluding hydrogens is 230 g/mol. The number of benzene rings is 1. The van der Waals surface area contributed by atoms with E-state index in [0.29, 0.717) is 11.3 Å². The van der Waals surface area contributed by atoms with Gasteiger partial charge in [0, 0.05) is 11.6 Å². The van der Waals surface area contributed by atoms with E-state index in [1.165, 1.54) is 0 Å². The topological polar surface area (TPSA) is 58.6 Å². The van der Waals surface area contributed by atoms with Crippen LogP contribution in [0.5, 0.6) is 5.75 Å². The molecule has 1 aromatic carbocycles. The van der Waals surface area contributed by atoms with Gasteiger partial charge in [-0.3, -0.25) is 4.79 Å². The van der Waals surface area contributed by atoms with E-state index in [1.54, 1.807) is 6.07 Å². The van der Waals surface area contributed by atoms with Crippen LogP contribution in [0.2, 0.25) is 0 Å². The molecule has 0 spiro atoms. The summed E-state index contributed by atoms with van der Waals surface area (Å²) in [5.41, 5.74) is 1.75. The largest absolute Gasteiger partial charge is 0.483 e. The minimum absolute atomic E-state index is 0.0274. The van der Waals surface area contributed by atoms with Crippen molar-refractivity contribution in [3.05, 3.63) is 29.3 Å². The van der Waals surface area contributed by atoms with Crippen molar-refractivity contribution in [2.24, 2.45) is 0 Å². The maximum absolute atomic E-state index is 11.6. The molecule has 100 valence electrons. The molecule has 0 saturated carbocycles. The van der Waals surface area contributed by atoms with Crippen molar-refractivity contribution in [3.63, 3.8) is 0 Å². The number of nitrogens with one attached hydrogen (secondary N) is 1. The first-order valence-electron chi connectivity index (χ1n) is 6.19. The number of amides is 1. The van der Waals surface area contributed by atoms with Crippen LogP contribution in [0, 0.1) is 6.92 Å². The standard InChI is InChI=1S/C14H21NO3/c1-4-11(3)15-14(17)9-18-13-6-5-10(2)7-12(13)8-16/h5-7,11,16H,4,8-9H2,1-3H3,(H,15,17). The van der Waals surface area contributed by atoms with E-state index in [4.69, 9.17) is 4.74 Å². The van der Waals surface area contributed by atoms with Crippen LogP contribution in [-0.4, -0.2) is 23.7 Å². The van der Waals surface area contributed by atoms with Gasteiger partial charge in [0.25, 0.3) is 5.91 Å². The Morgan fingerprint density at radius 3 is 2.83 bits per heavy atom. The van der Waals surface area contributed by atoms with Gasteiger partial charge in [0.15, 0.2) is 6.61 Å². The number of aliphatic hydroxyl groups excluding tert-OH is 1. The van der Waals surface area contributed by atoms with Crippen LogP contribution in [-0.2, 0) is 11.4 Å². The minimum Gasteiger partial charge on any atom is -0.483 e. The van der Waals surface area contributed by atoms with E-state index in [0.717, 1.165) is 12.0 Å². The molecule has 4 heteroatoms. The average molecular weight is 251 g/mol. The second kappa shape index (κ2) is 7.01. The van der Waals surface area contributed by atoms with E-state index < -0.39 is 0 Å². The minimum atomic E-state index is -0.145. The van der Waals surface area contributed by atoms with E-state index >= 15 is 0 Å². The fourth-order valence-corrected chi connectivity index (χ4v) is 1.53. The number of carbonyl (C=O) groups excluding carboxylic acids is 1. The number of ether oxygens (including phenoxy) is 1. The third-order valence-electron chi connectivity index (χ3n) is 2.76. The summed E-state index contributed by atoms with van der Waals surface area (Å²) in [7, 11) is 0. The molecule has 1 amide bonds. The molecule has 1 aromatic rings. The van der Waals surface area contributed by atoms with Crippen LogP contribution in [0.1, 0.15) is 31.4 Å². The maximum Gasteiger partial charge on any atom is 0.258 e. The van der Waals surface area contributed by atoms with Gasteiger partial charge in [0.1, 0.15) is 5.75 Å². The predicted octanol–water partition coefficient (Wildman–Crippen LogP) is 1.78. The van der Waals surface area contributed by atoms with Gasteiger partial charge in [-0.15, -0.1) is 0 Å². The predicted molar refractivity (Wildman–Crippen MR) is 70.5 cm³/mol. The van der Waals surface area contributed by atoms with Gasteiger partial charge >= 0.3 is 0 Å². The third kappa shape index (κ3) is 4.37. The molecule has 4 nitrogen and oxygen atoms in total. The zero-order valence-corrected chi connectivity index (χ0v) is 11.2. The zero-order chi connectivity index (χ0) is 13.5. The molecule has 0 bridgehead atoms. The second-order valence-corrected chi connectivity index (χ2v) is 4.43. The first-order chi connectivity index (χ1) is 8.56. The van der Waals surface area contributed by atoms with Crippen molar-refractivity contribution in [3.8, 4) is 5.75 Å². The Hall–Kier alpha value is -1.55. The van der Waals surface area contributed by atoms with Gasteiger partial charge in [0.05, 0.1) is 6.61 Å². The SMILES string of the molecule is CCC(C)NC(=O)COc1ccc(C)cc1CO. The summed E-state index contributed by atoms with van der Waals surface area (Å²) in [5, 5.41) is 12.0. The molecule has 0 saturated heterocycles. The number of aryl methyl sites for hydroxylation is 1. The van der Waals surface area contributed by atoms with Crippen molar-refractivity contribution in [1.29, 1.82) is 0 Å². The van der Waals surface area contributed by atoms with Crippen molar-refractivity contribution >= 4 is 5.91 Å². The van der Waals surface area contributed by atoms with E-state index in [-0.39, 0.29) is 25.2 Å². The average Bonchev–Trinajstić information content (AvgIpc) is 2.36. The third-order valence-corrected chi connectivity index (χ3v) is 2.76. The summed E-state index contributed by atoms with van der Waals surface area (Å²) in [6.45, 7) is 5.78. The smallest absolute Gasteiger partial charge is 0.258 e. The number of rotatable bonds is 6. The number of hydrogen-bond donors (Lipinski definition) is 2. The highest BCUT2D eigenvalue weighted by Crippen LogP contribution is 2.19. The van der Waals surface area contributed by atoms with E-state index in [2.05, 4.69) is 5.32 Å². The Kier molecular flexibility index (Phi) is 5.65. The Labute approximate surface area is 108 Å². The molecule has 1 rings (SSSR count). The molecule has 0 aliphatic carbocycles. The molecule has 1 atom stereocenters. The van der Waals surface area contributed by atoms with Crippen molar-refractivity contribution < 1.29 is 14.6 Å². The summed E-state index contributed by atoms with van der Waals surface area (Å²) in [6.07, 6.45) is 0.887. The quantitative estimate of drug-likeness (QED) is 0.810. The first-order valence-corrected chi connectivity index (χ1v) is 6.19. The lowest BCUT2D eigenvalue weighted by Crippen LogP contribution is -2.35. The highest BCUT2D eigenvalue weighted by Gasteiger charge is 2.08. The van der Waals surface area contributed by atoms with Gasteiger partial charge in [-0.2, -0.15) is 0 Å². The van der Waals surface area contributed by atoms with Gasteiger partial charge in [-0.05, 0) is 26.3 Å². The van der Waals surface area contributed by atoms with Crippen LogP contribution < -0.4 is 10.1 Å². The van der Waals surface area contributed by atoms with Gasteiger partial charge in [-0.25, -0.2) is 0 Å². The summed E-state index contributed by atoms with van der Waals surface area (Å²) in [5.74, 6) is 0.413. The van der Waals surface area contributed by atoms with Crippen LogP contribution in [0.3, 0.4) is 0 Å². The highest BCUT2D eigenvalue weighted by atomic mass is 16.5. The van der Waals surface area contributed by atoms with Crippen LogP contribution in [0.25, 0.3) is 0 Å². The van der Waals surface area contributed by atoms with Crippen LogP contribution >= 0.6 is 0 Å². The molecule has 2 N–H and O–H groups in total. The van der Waals surface area contributed by atoms with Gasteiger partial charge in [-0.1, -0.05) is 24.6 Å². The van der Waals surface area contributed by atoms with Gasteiger partial charge < -0.3 is 15.2 Å². The fraction of sp³-hybridized carbons (Fsp3) is 0.500. The Bertz CT molecular complexity index is 404. The fourth-order valence-electron chi connectivity index (χ4n) is 1.53. The van der Waals surface area contributed by atoms with Crippen molar-refractivity contribution in [2.75, 3.05) is 6.61 Å². The Morgan fingerprint density at radius 2 is 2.22 bits per heavy atom. The van der Waals surface area contributed by atoms with Gasteiger partial charge in [0.2, 0.25) is 0 Å². The van der Waals surface area contributed by atoms with Crippen LogP contribution in [0.15, 0.2) is 18.2 Å². The molecule has 18 heavy (non-hydrogen) atoms. The Morgan fingerprint density at radius 1 is 1.50 bits per heavy atom. The molecule has 0 fully saturated rings. The summed E-state index contributed by atoms with van der Waals surface area (Å²) in [6, 6.07) is 5.66. The maximum atomic E-state index is 11.6. The molecule has 0 aliphatic rings. The molecular formula is C14H21NO3. The second-order valence-electron chi connectivity index (χ2n) is 4.43. The molecule has 0 aromatic heterocycles. The van der Waals surface area contributed by atoms with E-state index in [9.17, 15) is 9.90 Å². The summed E-state index contributed by atoms with van der Waals surface area (Å²) in [4.78, 5) is 11.6. The summed E-state index contributed by atoms with van der Waals surface area (Å²) < 4.78 is 5.42. The molecule has 0 radical (unpaired) electrons. The normalized spacial score (nSPS) is 12.0. The lowest BCUT2D eigenvalue weighted by atomic mass is 10.1. The lowest BCUT2D eigenvalue weighted by Gasteiger charge is -2.13. The number of aliphatic hydroxyl groups is 1. The lowest BCUT2D eigenvalue weighted by molar-refractivity contribution is -0.123. The first kappa shape index (κ1) is 14.5. The van der Waals surface area contributed by atoms with Crippen molar-refractivity contribution in [2.45, 2.75) is 39.8 Å². The monoisotopic (exact) mass is 251 g/mol. The highest BCUT2D eigenvalue weighted by molar-refractivity contribution is 5.77. The number of hydrogen-bond acceptors (Lipinski definition) is 3. The molecule has 0 aliphatic heterocycles. The molecule has 1 unspecified atom stereocenters. The zero-order valence-electron chi connectivity index (χ0n) is 11.2. The van der Waals surface area contributed by atoms with E-state index in [1.807, 2.05) is 32.9 Å². The van der Waals surface area contributed by atoms with Crippen molar-refractivity contribution in [1.82, 2.24) is 5.32 Å². The molecule has 0 heterocycles. The van der Waals surface area contributed by atoms with Crippen LogP contribution in [0.4, 0.5) is 0 Å². The summed E-state index contributed by atoms with van der Waals surface area (Å²) >= 11 is 0. The number of carbonyl (C=O) groups is 1. The Balaban J connectivity index is 2.55.